The molecule has 5 nitrogen and oxygen atoms in total. The highest BCUT2D eigenvalue weighted by atomic mass is 35.5. The van der Waals surface area contributed by atoms with E-state index in [4.69, 9.17) is 23.2 Å². The fourth-order valence-corrected chi connectivity index (χ4v) is 1.98. The number of imidazole rings is 1. The SMILES string of the molecule is Fc1ccc(Cl)c(-c2nc(Cl)nc(-n3ccnc3)n2)c1. The summed E-state index contributed by atoms with van der Waals surface area (Å²) in [7, 11) is 0. The van der Waals surface area contributed by atoms with Gasteiger partial charge in [0.05, 0.1) is 5.02 Å². The minimum absolute atomic E-state index is 0.0148. The van der Waals surface area contributed by atoms with Crippen LogP contribution in [0.5, 0.6) is 0 Å². The zero-order valence-electron chi connectivity index (χ0n) is 9.83. The Morgan fingerprint density at radius 3 is 2.70 bits per heavy atom. The Kier molecular flexibility index (Phi) is 3.33. The molecule has 0 saturated heterocycles. The molecule has 0 unspecified atom stereocenters. The van der Waals surface area contributed by atoms with E-state index in [0.29, 0.717) is 10.6 Å². The Morgan fingerprint density at radius 2 is 1.95 bits per heavy atom. The summed E-state index contributed by atoms with van der Waals surface area (Å²) >= 11 is 11.9. The first-order valence-corrected chi connectivity index (χ1v) is 6.24. The zero-order chi connectivity index (χ0) is 14.1. The highest BCUT2D eigenvalue weighted by Crippen LogP contribution is 2.26. The first-order valence-electron chi connectivity index (χ1n) is 5.49. The second-order valence-electron chi connectivity index (χ2n) is 3.82. The maximum absolute atomic E-state index is 13.3. The molecular formula is C12H6Cl2FN5. The minimum Gasteiger partial charge on any atom is -0.274 e. The van der Waals surface area contributed by atoms with Crippen molar-refractivity contribution in [2.45, 2.75) is 0 Å². The van der Waals surface area contributed by atoms with Crippen molar-refractivity contribution in [1.29, 1.82) is 0 Å². The van der Waals surface area contributed by atoms with Crippen molar-refractivity contribution in [3.8, 4) is 17.3 Å². The van der Waals surface area contributed by atoms with Gasteiger partial charge in [-0.05, 0) is 29.8 Å². The molecule has 0 saturated carbocycles. The maximum Gasteiger partial charge on any atom is 0.239 e. The molecule has 3 rings (SSSR count). The van der Waals surface area contributed by atoms with E-state index in [2.05, 4.69) is 19.9 Å². The Labute approximate surface area is 123 Å². The predicted molar refractivity (Wildman–Crippen MR) is 72.4 cm³/mol. The van der Waals surface area contributed by atoms with Crippen LogP contribution in [0.2, 0.25) is 10.3 Å². The highest BCUT2D eigenvalue weighted by Gasteiger charge is 2.12. The van der Waals surface area contributed by atoms with Crippen LogP contribution in [0, 0.1) is 5.82 Å². The Hall–Kier alpha value is -2.05. The third kappa shape index (κ3) is 2.48. The van der Waals surface area contributed by atoms with Gasteiger partial charge in [-0.15, -0.1) is 0 Å². The van der Waals surface area contributed by atoms with E-state index in [9.17, 15) is 4.39 Å². The van der Waals surface area contributed by atoms with Crippen LogP contribution in [-0.2, 0) is 0 Å². The zero-order valence-corrected chi connectivity index (χ0v) is 11.3. The molecule has 8 heteroatoms. The Morgan fingerprint density at radius 1 is 1.10 bits per heavy atom. The molecule has 0 spiro atoms. The third-order valence-corrected chi connectivity index (χ3v) is 3.00. The van der Waals surface area contributed by atoms with Crippen LogP contribution in [0.25, 0.3) is 17.3 Å². The van der Waals surface area contributed by atoms with Crippen LogP contribution < -0.4 is 0 Å². The molecule has 0 atom stereocenters. The van der Waals surface area contributed by atoms with Crippen LogP contribution in [-0.4, -0.2) is 24.5 Å². The Balaban J connectivity index is 2.17. The maximum atomic E-state index is 13.3. The van der Waals surface area contributed by atoms with Gasteiger partial charge in [-0.1, -0.05) is 11.6 Å². The van der Waals surface area contributed by atoms with E-state index in [-0.39, 0.29) is 17.1 Å². The second kappa shape index (κ2) is 5.15. The van der Waals surface area contributed by atoms with Crippen LogP contribution in [0.15, 0.2) is 36.9 Å². The molecule has 0 bridgehead atoms. The fourth-order valence-electron chi connectivity index (χ4n) is 1.62. The molecule has 0 aliphatic carbocycles. The number of benzene rings is 1. The molecule has 0 amide bonds. The summed E-state index contributed by atoms with van der Waals surface area (Å²) in [6.45, 7) is 0. The lowest BCUT2D eigenvalue weighted by molar-refractivity contribution is 0.628. The number of aromatic nitrogens is 5. The summed E-state index contributed by atoms with van der Waals surface area (Å²) in [6.07, 6.45) is 4.75. The summed E-state index contributed by atoms with van der Waals surface area (Å²) in [5.74, 6) is 0.0288. The van der Waals surface area contributed by atoms with Gasteiger partial charge < -0.3 is 0 Å². The van der Waals surface area contributed by atoms with Crippen molar-refractivity contribution < 1.29 is 4.39 Å². The van der Waals surface area contributed by atoms with Crippen molar-refractivity contribution >= 4 is 23.2 Å². The molecule has 3 aromatic rings. The second-order valence-corrected chi connectivity index (χ2v) is 4.57. The number of halogens is 3. The van der Waals surface area contributed by atoms with E-state index in [1.54, 1.807) is 17.0 Å². The van der Waals surface area contributed by atoms with Gasteiger partial charge in [0.25, 0.3) is 0 Å². The molecule has 1 aromatic carbocycles. The fraction of sp³-hybridized carbons (Fsp3) is 0. The van der Waals surface area contributed by atoms with E-state index < -0.39 is 5.82 Å². The lowest BCUT2D eigenvalue weighted by Gasteiger charge is -2.06. The quantitative estimate of drug-likeness (QED) is 0.729. The molecular weight excluding hydrogens is 304 g/mol. The van der Waals surface area contributed by atoms with Crippen molar-refractivity contribution in [1.82, 2.24) is 24.5 Å². The predicted octanol–water partition coefficient (Wildman–Crippen LogP) is 3.17. The van der Waals surface area contributed by atoms with Crippen molar-refractivity contribution in [3.05, 3.63) is 53.0 Å². The molecule has 0 radical (unpaired) electrons. The molecule has 0 N–H and O–H groups in total. The molecule has 0 aliphatic heterocycles. The molecule has 0 aliphatic rings. The van der Waals surface area contributed by atoms with Crippen LogP contribution >= 0.6 is 23.2 Å². The Bertz CT molecular complexity index is 761. The third-order valence-electron chi connectivity index (χ3n) is 2.50. The molecule has 20 heavy (non-hydrogen) atoms. The number of hydrogen-bond donors (Lipinski definition) is 0. The molecule has 0 fully saturated rings. The lowest BCUT2D eigenvalue weighted by atomic mass is 10.2. The number of nitrogens with zero attached hydrogens (tertiary/aromatic N) is 5. The first kappa shape index (κ1) is 13.0. The van der Waals surface area contributed by atoms with Crippen molar-refractivity contribution in [2.24, 2.45) is 0 Å². The van der Waals surface area contributed by atoms with Gasteiger partial charge in [-0.2, -0.15) is 15.0 Å². The lowest BCUT2D eigenvalue weighted by Crippen LogP contribution is -2.03. The van der Waals surface area contributed by atoms with Gasteiger partial charge in [-0.25, -0.2) is 9.37 Å². The van der Waals surface area contributed by atoms with E-state index in [0.717, 1.165) is 0 Å². The van der Waals surface area contributed by atoms with Gasteiger partial charge in [0, 0.05) is 18.0 Å². The molecule has 100 valence electrons. The van der Waals surface area contributed by atoms with E-state index in [1.165, 1.54) is 24.5 Å². The van der Waals surface area contributed by atoms with Crippen molar-refractivity contribution in [3.63, 3.8) is 0 Å². The minimum atomic E-state index is -0.440. The van der Waals surface area contributed by atoms with Gasteiger partial charge >= 0.3 is 0 Å². The normalized spacial score (nSPS) is 10.8. The summed E-state index contributed by atoms with van der Waals surface area (Å²) < 4.78 is 14.9. The summed E-state index contributed by atoms with van der Waals surface area (Å²) in [6, 6.07) is 3.93. The van der Waals surface area contributed by atoms with E-state index >= 15 is 0 Å². The highest BCUT2D eigenvalue weighted by molar-refractivity contribution is 6.33. The van der Waals surface area contributed by atoms with Crippen LogP contribution in [0.4, 0.5) is 4.39 Å². The standard InChI is InChI=1S/C12H6Cl2FN5/c13-9-2-1-7(15)5-8(9)10-17-11(14)19-12(18-10)20-4-3-16-6-20/h1-6H. The topological polar surface area (TPSA) is 56.5 Å². The average molecular weight is 310 g/mol. The van der Waals surface area contributed by atoms with Gasteiger partial charge in [0.15, 0.2) is 5.82 Å². The van der Waals surface area contributed by atoms with Crippen LogP contribution in [0.3, 0.4) is 0 Å². The van der Waals surface area contributed by atoms with Gasteiger partial charge in [0.2, 0.25) is 11.2 Å². The smallest absolute Gasteiger partial charge is 0.239 e. The average Bonchev–Trinajstić information content (AvgIpc) is 2.95. The molecule has 2 aromatic heterocycles. The number of hydrogen-bond acceptors (Lipinski definition) is 4. The monoisotopic (exact) mass is 309 g/mol. The van der Waals surface area contributed by atoms with Gasteiger partial charge in [0.1, 0.15) is 12.1 Å². The van der Waals surface area contributed by atoms with Gasteiger partial charge in [-0.3, -0.25) is 4.57 Å². The first-order chi connectivity index (χ1) is 9.63. The summed E-state index contributed by atoms with van der Waals surface area (Å²) in [5.41, 5.74) is 0.345. The largest absolute Gasteiger partial charge is 0.274 e. The van der Waals surface area contributed by atoms with Crippen LogP contribution in [0.1, 0.15) is 0 Å². The van der Waals surface area contributed by atoms with E-state index in [1.807, 2.05) is 0 Å². The number of rotatable bonds is 2. The molecule has 2 heterocycles. The summed E-state index contributed by atoms with van der Waals surface area (Å²) in [5, 5.41) is 0.310. The summed E-state index contributed by atoms with van der Waals surface area (Å²) in [4.78, 5) is 16.1. The van der Waals surface area contributed by atoms with Crippen molar-refractivity contribution in [2.75, 3.05) is 0 Å².